The minimum absolute atomic E-state index is 0.0297. The van der Waals surface area contributed by atoms with Crippen LogP contribution >= 0.6 is 0 Å². The molecule has 22 heteroatoms. The molecule has 5 heterocycles. The summed E-state index contributed by atoms with van der Waals surface area (Å²) in [5.74, 6) is -0.439. The molecule has 340 valence electrons. The van der Waals surface area contributed by atoms with Gasteiger partial charge in [-0.05, 0) is 49.1 Å². The lowest BCUT2D eigenvalue weighted by Gasteiger charge is -2.47. The van der Waals surface area contributed by atoms with Crippen molar-refractivity contribution in [1.82, 2.24) is 35.4 Å². The molecule has 7 unspecified atom stereocenters. The number of carbonyl (C=O) groups is 4. The molecule has 1 aliphatic carbocycles. The summed E-state index contributed by atoms with van der Waals surface area (Å²) in [5.41, 5.74) is 0.412. The number of aliphatic hydroxyl groups is 4. The largest absolute Gasteiger partial charge is 0.394 e. The second-order valence-corrected chi connectivity index (χ2v) is 16.4. The van der Waals surface area contributed by atoms with Gasteiger partial charge in [0.25, 0.3) is 5.91 Å². The zero-order valence-electron chi connectivity index (χ0n) is 35.4. The van der Waals surface area contributed by atoms with Gasteiger partial charge in [-0.2, -0.15) is 10.2 Å². The van der Waals surface area contributed by atoms with Crippen molar-refractivity contribution in [1.29, 1.82) is 5.26 Å². The highest BCUT2D eigenvalue weighted by molar-refractivity contribution is 5.93. The summed E-state index contributed by atoms with van der Waals surface area (Å²) >= 11 is 0. The molecule has 7 N–H and O–H groups in total. The standard InChI is InChI=1S/C40H57N9O13/c1-20-11-14-48(27(52)10-13-41)17-22(20)16-47(3)35-25-12-15-49(36(25)43-19-42-35)40(57)46-24-8-6-23(7-9-24)45-37(56)34-33(58-4)30(54)31(55)39(62-34)61-32-28(44-21(2)51)38(59-5)60-26(18-50)29(32)53/h12,15-16,19-20,22-24,26,28-34,38-39,50,53-55H,6-11,14,17-18H2,1-5H3,(H2-,44,45,46,51,56,57)/p+1/t20-,22?,23?,24?,26?,28?,29-,30?,31?,32?,33+,34?,38-,39-/m1/s1. The minimum atomic E-state index is -1.76. The number of likely N-dealkylation sites (tertiary alicyclic amines) is 1. The molecule has 0 bridgehead atoms. The van der Waals surface area contributed by atoms with Gasteiger partial charge in [-0.15, -0.1) is 0 Å². The summed E-state index contributed by atoms with van der Waals surface area (Å²) in [5, 5.41) is 61.1. The van der Waals surface area contributed by atoms with Gasteiger partial charge >= 0.3 is 11.8 Å². The van der Waals surface area contributed by atoms with Crippen molar-refractivity contribution in [2.45, 2.75) is 126 Å². The van der Waals surface area contributed by atoms with Crippen LogP contribution in [0.2, 0.25) is 0 Å². The van der Waals surface area contributed by atoms with Crippen molar-refractivity contribution < 1.29 is 67.9 Å². The molecular formula is C40H58N9O13+. The minimum Gasteiger partial charge on any atom is -0.394 e. The summed E-state index contributed by atoms with van der Waals surface area (Å²) < 4.78 is 31.5. The molecule has 12 atom stereocenters. The van der Waals surface area contributed by atoms with Crippen LogP contribution in [-0.2, 0) is 38.1 Å². The van der Waals surface area contributed by atoms with E-state index in [0.717, 1.165) is 6.42 Å². The van der Waals surface area contributed by atoms with Gasteiger partial charge in [0.05, 0.1) is 25.9 Å². The maximum atomic E-state index is 13.7. The number of aromatic nitrogens is 3. The molecule has 22 nitrogen and oxygen atoms in total. The molecule has 62 heavy (non-hydrogen) atoms. The number of carbonyl (C=O) groups excluding carboxylic acids is 4. The number of rotatable bonds is 12. The van der Waals surface area contributed by atoms with Crippen LogP contribution in [-0.4, -0.2) is 189 Å². The smallest absolute Gasteiger partial charge is 0.335 e. The molecular weight excluding hydrogens is 814 g/mol. The number of aliphatic hydroxyl groups excluding tert-OH is 4. The Labute approximate surface area is 358 Å². The van der Waals surface area contributed by atoms with Crippen molar-refractivity contribution in [2.75, 3.05) is 41.0 Å². The Bertz CT molecular complexity index is 1990. The average molecular weight is 873 g/mol. The second kappa shape index (κ2) is 20.7. The Morgan fingerprint density at radius 3 is 2.32 bits per heavy atom. The normalized spacial score (nSPS) is 34.3. The van der Waals surface area contributed by atoms with Gasteiger partial charge in [0, 0.05) is 58.4 Å². The second-order valence-electron chi connectivity index (χ2n) is 16.4. The van der Waals surface area contributed by atoms with E-state index in [0.29, 0.717) is 61.5 Å². The summed E-state index contributed by atoms with van der Waals surface area (Å²) in [7, 11) is 4.40. The SMILES string of the molecule is CO[C@@H]1OC(CO)[C@@H](O)C(O[C@@H]2OC(C(=O)NC3CCC(NC(=O)n4ccc5c([N+](C)=CC6CN(C(=O)CC#N)CC[C@H]6C)ncnc54)CC3)[C@@H](OC)C(O)C2O)C1NC(C)=O. The van der Waals surface area contributed by atoms with E-state index in [1.165, 1.54) is 32.0 Å². The van der Waals surface area contributed by atoms with Gasteiger partial charge in [-0.3, -0.25) is 19.0 Å². The molecule has 0 radical (unpaired) electrons. The molecule has 2 aromatic rings. The summed E-state index contributed by atoms with van der Waals surface area (Å²) in [6.07, 6.45) is -5.53. The molecule has 4 amide bonds. The Morgan fingerprint density at radius 2 is 1.68 bits per heavy atom. The molecule has 2 aromatic heterocycles. The van der Waals surface area contributed by atoms with Gasteiger partial charge in [-0.25, -0.2) is 9.37 Å². The number of fused-ring (bicyclic) bond motifs is 1. The van der Waals surface area contributed by atoms with Crippen LogP contribution < -0.4 is 16.0 Å². The highest BCUT2D eigenvalue weighted by Gasteiger charge is 2.53. The number of nitrogens with one attached hydrogen (secondary N) is 3. The first-order chi connectivity index (χ1) is 29.7. The van der Waals surface area contributed by atoms with E-state index < -0.39 is 79.8 Å². The highest BCUT2D eigenvalue weighted by Crippen LogP contribution is 2.32. The molecule has 6 rings (SSSR count). The first-order valence-corrected chi connectivity index (χ1v) is 20.8. The van der Waals surface area contributed by atoms with Gasteiger partial charge in [0.1, 0.15) is 54.5 Å². The molecule has 3 saturated heterocycles. The number of nitriles is 1. The van der Waals surface area contributed by atoms with Crippen LogP contribution in [0.4, 0.5) is 10.6 Å². The van der Waals surface area contributed by atoms with E-state index in [4.69, 9.17) is 28.9 Å². The van der Waals surface area contributed by atoms with E-state index in [-0.39, 0.29) is 36.4 Å². The quantitative estimate of drug-likeness (QED) is 0.0918. The number of hydrogen-bond donors (Lipinski definition) is 7. The Balaban J connectivity index is 1.06. The fourth-order valence-electron chi connectivity index (χ4n) is 8.75. The van der Waals surface area contributed by atoms with E-state index in [9.17, 15) is 39.6 Å². The fourth-order valence-corrected chi connectivity index (χ4v) is 8.75. The molecule has 1 saturated carbocycles. The maximum Gasteiger partial charge on any atom is 0.335 e. The number of ether oxygens (including phenoxy) is 5. The van der Waals surface area contributed by atoms with Crippen LogP contribution in [0.25, 0.3) is 11.0 Å². The predicted molar refractivity (Wildman–Crippen MR) is 214 cm³/mol. The average Bonchev–Trinajstić information content (AvgIpc) is 3.70. The predicted octanol–water partition coefficient (Wildman–Crippen LogP) is -1.76. The molecule has 4 aliphatic rings. The van der Waals surface area contributed by atoms with Crippen LogP contribution in [0.15, 0.2) is 18.6 Å². The van der Waals surface area contributed by atoms with Gasteiger partial charge in [0.2, 0.25) is 18.1 Å². The van der Waals surface area contributed by atoms with E-state index in [2.05, 4.69) is 32.8 Å². The number of amides is 4. The molecule has 0 spiro atoms. The fraction of sp³-hybridized carbons (Fsp3) is 0.700. The third-order valence-corrected chi connectivity index (χ3v) is 12.3. The van der Waals surface area contributed by atoms with E-state index in [1.54, 1.807) is 17.2 Å². The number of nitrogens with zero attached hydrogens (tertiary/aromatic N) is 6. The van der Waals surface area contributed by atoms with E-state index >= 15 is 0 Å². The van der Waals surface area contributed by atoms with Crippen molar-refractivity contribution in [3.05, 3.63) is 18.6 Å². The zero-order chi connectivity index (χ0) is 44.8. The van der Waals surface area contributed by atoms with Crippen molar-refractivity contribution in [3.63, 3.8) is 0 Å². The Hall–Kier alpha value is -4.70. The Morgan fingerprint density at radius 1 is 0.968 bits per heavy atom. The maximum absolute atomic E-state index is 13.7. The molecule has 4 fully saturated rings. The van der Waals surface area contributed by atoms with Crippen molar-refractivity contribution in [2.24, 2.45) is 11.8 Å². The Kier molecular flexibility index (Phi) is 15.6. The number of hydrogen-bond acceptors (Lipinski definition) is 16. The summed E-state index contributed by atoms with van der Waals surface area (Å²) in [4.78, 5) is 62.4. The van der Waals surface area contributed by atoms with E-state index in [1.807, 2.05) is 23.9 Å². The molecule has 0 aromatic carbocycles. The zero-order valence-corrected chi connectivity index (χ0v) is 35.4. The first kappa shape index (κ1) is 46.8. The lowest BCUT2D eigenvalue weighted by molar-refractivity contribution is -0.405. The van der Waals surface area contributed by atoms with Crippen LogP contribution in [0, 0.1) is 23.2 Å². The lowest BCUT2D eigenvalue weighted by Crippen LogP contribution is -2.68. The monoisotopic (exact) mass is 872 g/mol. The van der Waals surface area contributed by atoms with Crippen LogP contribution in [0.1, 0.15) is 52.4 Å². The molecule has 3 aliphatic heterocycles. The lowest BCUT2D eigenvalue weighted by atomic mass is 9.87. The first-order valence-electron chi connectivity index (χ1n) is 20.8. The van der Waals surface area contributed by atoms with Crippen LogP contribution in [0.5, 0.6) is 0 Å². The van der Waals surface area contributed by atoms with Gasteiger partial charge < -0.3 is 65.0 Å². The third kappa shape index (κ3) is 10.2. The number of methoxy groups -OCH3 is 2. The summed E-state index contributed by atoms with van der Waals surface area (Å²) in [6, 6.07) is 1.62. The topological polar surface area (TPSA) is 292 Å². The van der Waals surface area contributed by atoms with Gasteiger partial charge in [0.15, 0.2) is 24.3 Å². The van der Waals surface area contributed by atoms with Crippen molar-refractivity contribution >= 4 is 46.8 Å². The number of piperidine rings is 1. The van der Waals surface area contributed by atoms with Gasteiger partial charge in [-0.1, -0.05) is 6.92 Å². The van der Waals surface area contributed by atoms with Crippen molar-refractivity contribution in [3.8, 4) is 6.07 Å². The van der Waals surface area contributed by atoms with Crippen LogP contribution in [0.3, 0.4) is 0 Å². The highest BCUT2D eigenvalue weighted by atomic mass is 16.7. The third-order valence-electron chi connectivity index (χ3n) is 12.3. The summed E-state index contributed by atoms with van der Waals surface area (Å²) in [6.45, 7) is 3.82.